The Morgan fingerprint density at radius 1 is 1.41 bits per heavy atom. The summed E-state index contributed by atoms with van der Waals surface area (Å²) in [6.07, 6.45) is 1.59. The predicted molar refractivity (Wildman–Crippen MR) is 73.9 cm³/mol. The first-order chi connectivity index (χ1) is 10.4. The zero-order chi connectivity index (χ0) is 16.4. The van der Waals surface area contributed by atoms with Crippen LogP contribution in [-0.2, 0) is 6.54 Å². The van der Waals surface area contributed by atoms with Crippen molar-refractivity contribution in [2.45, 2.75) is 13.5 Å². The van der Waals surface area contributed by atoms with Gasteiger partial charge in [-0.1, -0.05) is 11.8 Å². The van der Waals surface area contributed by atoms with Gasteiger partial charge in [0.2, 0.25) is 6.19 Å². The van der Waals surface area contributed by atoms with Crippen LogP contribution in [-0.4, -0.2) is 33.4 Å². The lowest BCUT2D eigenvalue weighted by Gasteiger charge is -2.20. The van der Waals surface area contributed by atoms with Gasteiger partial charge in [0.05, 0.1) is 0 Å². The number of hydrogen-bond acceptors (Lipinski definition) is 4. The zero-order valence-corrected chi connectivity index (χ0v) is 12.2. The average molecular weight is 329 g/mol. The molecule has 0 unspecified atom stereocenters. The summed E-state index contributed by atoms with van der Waals surface area (Å²) in [6.45, 7) is 1.12. The highest BCUT2D eigenvalue weighted by Crippen LogP contribution is 2.28. The molecule has 0 atom stereocenters. The van der Waals surface area contributed by atoms with Crippen LogP contribution in [0.1, 0.15) is 21.5 Å². The normalized spacial score (nSPS) is 16.1. The number of carboxylic acids is 1. The lowest BCUT2D eigenvalue weighted by atomic mass is 10.0. The molecule has 0 amide bonds. The maximum absolute atomic E-state index is 14.2. The fourth-order valence-electron chi connectivity index (χ4n) is 2.13. The average Bonchev–Trinajstić information content (AvgIpc) is 2.90. The minimum Gasteiger partial charge on any atom is -0.478 e. The Balaban J connectivity index is 2.53. The molecule has 1 aromatic rings. The number of carboxylic acid groups (broad SMARTS) is 1. The van der Waals surface area contributed by atoms with E-state index in [9.17, 15) is 18.0 Å². The van der Waals surface area contributed by atoms with Crippen LogP contribution in [0.4, 0.5) is 13.2 Å². The molecule has 1 N–H and O–H groups in total. The number of carbonyl (C=O) groups is 1. The Morgan fingerprint density at radius 2 is 2.09 bits per heavy atom. The Labute approximate surface area is 128 Å². The largest absolute Gasteiger partial charge is 0.478 e. The quantitative estimate of drug-likeness (QED) is 0.681. The van der Waals surface area contributed by atoms with Gasteiger partial charge in [0.25, 0.3) is 0 Å². The summed E-state index contributed by atoms with van der Waals surface area (Å²) in [5, 5.41) is 17.9. The van der Waals surface area contributed by atoms with Crippen molar-refractivity contribution in [3.63, 3.8) is 0 Å². The van der Waals surface area contributed by atoms with Crippen LogP contribution in [0.25, 0.3) is 0 Å². The van der Waals surface area contributed by atoms with E-state index in [1.807, 2.05) is 0 Å². The fourth-order valence-corrected chi connectivity index (χ4v) is 3.07. The van der Waals surface area contributed by atoms with E-state index in [4.69, 9.17) is 10.4 Å². The number of nitriles is 1. The lowest BCUT2D eigenvalue weighted by molar-refractivity contribution is 0.0687. The van der Waals surface area contributed by atoms with E-state index in [2.05, 4.69) is 4.99 Å². The Kier molecular flexibility index (Phi) is 4.61. The molecule has 116 valence electrons. The third-order valence-electron chi connectivity index (χ3n) is 3.21. The Hall–Kier alpha value is -2.21. The second kappa shape index (κ2) is 6.27. The van der Waals surface area contributed by atoms with Crippen molar-refractivity contribution < 1.29 is 23.1 Å². The molecular weight excluding hydrogens is 319 g/mol. The van der Waals surface area contributed by atoms with Gasteiger partial charge in [0, 0.05) is 30.0 Å². The summed E-state index contributed by atoms with van der Waals surface area (Å²) >= 11 is 1.24. The first-order valence-corrected chi connectivity index (χ1v) is 7.10. The number of benzene rings is 1. The van der Waals surface area contributed by atoms with Crippen LogP contribution in [0.15, 0.2) is 4.99 Å². The summed E-state index contributed by atoms with van der Waals surface area (Å²) in [7, 11) is 0. The van der Waals surface area contributed by atoms with Gasteiger partial charge in [-0.2, -0.15) is 5.26 Å². The van der Waals surface area contributed by atoms with Crippen molar-refractivity contribution >= 4 is 22.9 Å². The molecule has 0 bridgehead atoms. The van der Waals surface area contributed by atoms with Gasteiger partial charge >= 0.3 is 5.97 Å². The van der Waals surface area contributed by atoms with E-state index in [0.29, 0.717) is 17.5 Å². The molecule has 0 aromatic heterocycles. The van der Waals surface area contributed by atoms with Crippen LogP contribution in [0, 0.1) is 35.8 Å². The van der Waals surface area contributed by atoms with Gasteiger partial charge in [-0.15, -0.1) is 4.99 Å². The second-order valence-electron chi connectivity index (χ2n) is 4.49. The zero-order valence-electron chi connectivity index (χ0n) is 11.4. The topological polar surface area (TPSA) is 76.7 Å². The smallest absolute Gasteiger partial charge is 0.339 e. The number of hydrogen-bond donors (Lipinski definition) is 1. The minimum absolute atomic E-state index is 0.292. The third-order valence-corrected chi connectivity index (χ3v) is 4.20. The number of aliphatic imine (C=N–C) groups is 1. The maximum Gasteiger partial charge on any atom is 0.339 e. The molecule has 1 saturated heterocycles. The predicted octanol–water partition coefficient (Wildman–Crippen LogP) is 2.50. The van der Waals surface area contributed by atoms with Gasteiger partial charge in [0.1, 0.15) is 11.4 Å². The summed E-state index contributed by atoms with van der Waals surface area (Å²) in [4.78, 5) is 16.2. The van der Waals surface area contributed by atoms with Crippen molar-refractivity contribution in [2.75, 3.05) is 12.3 Å². The van der Waals surface area contributed by atoms with E-state index in [0.717, 1.165) is 6.92 Å². The Morgan fingerprint density at radius 3 is 2.68 bits per heavy atom. The number of amidine groups is 1. The third kappa shape index (κ3) is 2.74. The van der Waals surface area contributed by atoms with E-state index in [1.54, 1.807) is 6.19 Å². The summed E-state index contributed by atoms with van der Waals surface area (Å²) < 4.78 is 41.6. The van der Waals surface area contributed by atoms with Gasteiger partial charge in [-0.25, -0.2) is 18.0 Å². The summed E-state index contributed by atoms with van der Waals surface area (Å²) in [5.74, 6) is -5.39. The lowest BCUT2D eigenvalue weighted by Crippen LogP contribution is -2.27. The first-order valence-electron chi connectivity index (χ1n) is 6.12. The highest BCUT2D eigenvalue weighted by atomic mass is 32.2. The number of rotatable bonds is 3. The van der Waals surface area contributed by atoms with E-state index < -0.39 is 40.1 Å². The molecule has 0 saturated carbocycles. The van der Waals surface area contributed by atoms with Crippen molar-refractivity contribution in [3.05, 3.63) is 34.1 Å². The minimum atomic E-state index is -1.75. The molecule has 0 radical (unpaired) electrons. The molecule has 0 aliphatic carbocycles. The van der Waals surface area contributed by atoms with Crippen molar-refractivity contribution in [1.82, 2.24) is 4.90 Å². The molecule has 9 heteroatoms. The van der Waals surface area contributed by atoms with Crippen LogP contribution in [0.5, 0.6) is 0 Å². The molecule has 2 rings (SSSR count). The first kappa shape index (κ1) is 16.2. The van der Waals surface area contributed by atoms with Crippen molar-refractivity contribution in [3.8, 4) is 6.19 Å². The summed E-state index contributed by atoms with van der Waals surface area (Å²) in [5.41, 5.74) is -2.08. The monoisotopic (exact) mass is 329 g/mol. The maximum atomic E-state index is 14.2. The fraction of sp³-hybridized carbons (Fsp3) is 0.308. The van der Waals surface area contributed by atoms with Gasteiger partial charge < -0.3 is 10.0 Å². The van der Waals surface area contributed by atoms with E-state index in [-0.39, 0.29) is 6.54 Å². The molecule has 1 heterocycles. The van der Waals surface area contributed by atoms with E-state index >= 15 is 0 Å². The summed E-state index contributed by atoms with van der Waals surface area (Å²) in [6, 6.07) is 0. The van der Waals surface area contributed by atoms with Crippen LogP contribution in [0.2, 0.25) is 0 Å². The standard InChI is InChI=1S/C13H10F3N3O2S/c1-6-9(14)7(8(12(20)21)11(16)10(6)15)4-19-2-3-22-13(19)18-5-17/h2-4H2,1H3,(H,20,21). The molecule has 0 spiro atoms. The van der Waals surface area contributed by atoms with Gasteiger partial charge in [0.15, 0.2) is 16.8 Å². The van der Waals surface area contributed by atoms with Crippen molar-refractivity contribution in [2.24, 2.45) is 4.99 Å². The molecule has 5 nitrogen and oxygen atoms in total. The molecule has 1 fully saturated rings. The molecule has 1 aromatic carbocycles. The second-order valence-corrected chi connectivity index (χ2v) is 5.55. The molecule has 22 heavy (non-hydrogen) atoms. The number of thioether (sulfide) groups is 1. The van der Waals surface area contributed by atoms with E-state index in [1.165, 1.54) is 16.7 Å². The molecule has 1 aliphatic rings. The van der Waals surface area contributed by atoms with Crippen LogP contribution in [0.3, 0.4) is 0 Å². The van der Waals surface area contributed by atoms with Gasteiger partial charge in [-0.3, -0.25) is 0 Å². The van der Waals surface area contributed by atoms with Crippen molar-refractivity contribution in [1.29, 1.82) is 5.26 Å². The van der Waals surface area contributed by atoms with Crippen LogP contribution >= 0.6 is 11.8 Å². The number of nitrogens with zero attached hydrogens (tertiary/aromatic N) is 3. The van der Waals surface area contributed by atoms with Gasteiger partial charge in [-0.05, 0) is 6.92 Å². The number of aromatic carboxylic acids is 1. The molecule has 1 aliphatic heterocycles. The highest BCUT2D eigenvalue weighted by molar-refractivity contribution is 8.14. The number of halogens is 3. The Bertz CT molecular complexity index is 716. The van der Waals surface area contributed by atoms with Crippen LogP contribution < -0.4 is 0 Å². The highest BCUT2D eigenvalue weighted by Gasteiger charge is 2.30. The molecular formula is C13H10F3N3O2S. The SMILES string of the molecule is Cc1c(F)c(F)c(C(=O)O)c(CN2CCSC2=NC#N)c1F.